The second kappa shape index (κ2) is 9.24. The van der Waals surface area contributed by atoms with Crippen molar-refractivity contribution < 1.29 is 0 Å². The highest BCUT2D eigenvalue weighted by Crippen LogP contribution is 2.17. The summed E-state index contributed by atoms with van der Waals surface area (Å²) in [5.41, 5.74) is 7.85. The molecule has 0 fully saturated rings. The van der Waals surface area contributed by atoms with E-state index in [1.165, 1.54) is 16.7 Å². The van der Waals surface area contributed by atoms with Crippen LogP contribution in [-0.2, 0) is 0 Å². The first-order valence-corrected chi connectivity index (χ1v) is 8.55. The molecular weight excluding hydrogens is 304 g/mol. The van der Waals surface area contributed by atoms with Crippen molar-refractivity contribution in [2.24, 2.45) is 5.10 Å². The molecule has 1 N–H and O–H groups in total. The second-order valence-electron chi connectivity index (χ2n) is 5.74. The van der Waals surface area contributed by atoms with E-state index in [4.69, 9.17) is 0 Å². The van der Waals surface area contributed by atoms with E-state index in [-0.39, 0.29) is 0 Å². The van der Waals surface area contributed by atoms with E-state index in [9.17, 15) is 0 Å². The third-order valence-corrected chi connectivity index (χ3v) is 3.86. The van der Waals surface area contributed by atoms with Gasteiger partial charge in [-0.1, -0.05) is 97.1 Å². The number of allylic oxidation sites excluding steroid dienone is 1. The van der Waals surface area contributed by atoms with Gasteiger partial charge in [0.05, 0.1) is 5.71 Å². The molecule has 2 nitrogen and oxygen atoms in total. The molecule has 0 saturated carbocycles. The Morgan fingerprint density at radius 2 is 1.16 bits per heavy atom. The van der Waals surface area contributed by atoms with Gasteiger partial charge >= 0.3 is 0 Å². The first-order chi connectivity index (χ1) is 12.4. The first-order valence-electron chi connectivity index (χ1n) is 8.55. The monoisotopic (exact) mass is 326 g/mol. The molecule has 0 bridgehead atoms. The van der Waals surface area contributed by atoms with E-state index in [2.05, 4.69) is 83.3 Å². The first kappa shape index (κ1) is 16.7. The van der Waals surface area contributed by atoms with Crippen LogP contribution in [0.1, 0.15) is 12.0 Å². The summed E-state index contributed by atoms with van der Waals surface area (Å²) in [7, 11) is 0. The van der Waals surface area contributed by atoms with Crippen molar-refractivity contribution in [3.05, 3.63) is 103 Å². The highest BCUT2D eigenvalue weighted by molar-refractivity contribution is 5.99. The van der Waals surface area contributed by atoms with E-state index in [1.807, 2.05) is 30.3 Å². The van der Waals surface area contributed by atoms with Gasteiger partial charge in [0, 0.05) is 13.0 Å². The lowest BCUT2D eigenvalue weighted by molar-refractivity contribution is 0.813. The zero-order chi connectivity index (χ0) is 17.2. The van der Waals surface area contributed by atoms with Gasteiger partial charge in [0.2, 0.25) is 0 Å². The molecule has 0 aliphatic carbocycles. The van der Waals surface area contributed by atoms with Crippen molar-refractivity contribution in [2.45, 2.75) is 6.42 Å². The van der Waals surface area contributed by atoms with Crippen molar-refractivity contribution in [1.29, 1.82) is 0 Å². The summed E-state index contributed by atoms with van der Waals surface area (Å²) in [5.74, 6) is 0. The molecular formula is C23H22N2. The fourth-order valence-corrected chi connectivity index (χ4v) is 2.54. The van der Waals surface area contributed by atoms with Crippen LogP contribution in [0.3, 0.4) is 0 Å². The molecule has 0 aromatic heterocycles. The van der Waals surface area contributed by atoms with Gasteiger partial charge in [-0.15, -0.1) is 0 Å². The standard InChI is InChI=1S/C12H10.C11H12N2/c1-3-7-11(8-4-1)12-9-5-2-6-10-12;1-2-4-10(5-3-1)6-7-11-8-9-12-13-11/h1-10H;1-7,12H,8-9H2. The molecule has 1 aliphatic heterocycles. The Bertz CT molecular complexity index is 769. The molecule has 0 radical (unpaired) electrons. The van der Waals surface area contributed by atoms with E-state index >= 15 is 0 Å². The van der Waals surface area contributed by atoms with Crippen molar-refractivity contribution in [2.75, 3.05) is 6.54 Å². The highest BCUT2D eigenvalue weighted by atomic mass is 15.3. The Hall–Kier alpha value is -3.13. The highest BCUT2D eigenvalue weighted by Gasteiger charge is 2.00. The Morgan fingerprint density at radius 1 is 0.640 bits per heavy atom. The summed E-state index contributed by atoms with van der Waals surface area (Å²) in [6.45, 7) is 0.967. The minimum Gasteiger partial charge on any atom is -0.309 e. The fourth-order valence-electron chi connectivity index (χ4n) is 2.54. The SMILES string of the molecule is C(=Cc1ccccc1)C1=NNCC1.c1ccc(-c2ccccc2)cc1. The maximum atomic E-state index is 4.13. The average Bonchev–Trinajstić information content (AvgIpc) is 3.23. The van der Waals surface area contributed by atoms with Crippen LogP contribution in [-0.4, -0.2) is 12.3 Å². The molecule has 3 aromatic carbocycles. The van der Waals surface area contributed by atoms with Crippen molar-refractivity contribution in [3.8, 4) is 11.1 Å². The molecule has 0 saturated heterocycles. The van der Waals surface area contributed by atoms with Gasteiger partial charge in [-0.2, -0.15) is 5.10 Å². The fraction of sp³-hybridized carbons (Fsp3) is 0.0870. The third-order valence-electron chi connectivity index (χ3n) is 3.86. The number of nitrogens with one attached hydrogen (secondary N) is 1. The molecule has 2 heteroatoms. The van der Waals surface area contributed by atoms with Crippen LogP contribution in [0.25, 0.3) is 17.2 Å². The van der Waals surface area contributed by atoms with Gasteiger partial charge in [-0.3, -0.25) is 0 Å². The van der Waals surface area contributed by atoms with Crippen LogP contribution in [0.5, 0.6) is 0 Å². The normalized spacial score (nSPS) is 12.9. The summed E-state index contributed by atoms with van der Waals surface area (Å²) in [5, 5.41) is 4.13. The number of hydrogen-bond donors (Lipinski definition) is 1. The molecule has 1 heterocycles. The molecule has 0 spiro atoms. The van der Waals surface area contributed by atoms with Crippen molar-refractivity contribution >= 4 is 11.8 Å². The van der Waals surface area contributed by atoms with Gasteiger partial charge in [0.1, 0.15) is 0 Å². The van der Waals surface area contributed by atoms with Crippen molar-refractivity contribution in [1.82, 2.24) is 5.43 Å². The quantitative estimate of drug-likeness (QED) is 0.684. The van der Waals surface area contributed by atoms with Gasteiger partial charge in [0.15, 0.2) is 0 Å². The lowest BCUT2D eigenvalue weighted by atomic mass is 10.1. The Kier molecular flexibility index (Phi) is 6.18. The summed E-state index contributed by atoms with van der Waals surface area (Å²) < 4.78 is 0. The zero-order valence-electron chi connectivity index (χ0n) is 14.2. The Morgan fingerprint density at radius 3 is 1.64 bits per heavy atom. The van der Waals surface area contributed by atoms with E-state index in [0.717, 1.165) is 18.7 Å². The van der Waals surface area contributed by atoms with Gasteiger partial charge < -0.3 is 5.43 Å². The Balaban J connectivity index is 0.000000146. The van der Waals surface area contributed by atoms with Crippen LogP contribution < -0.4 is 5.43 Å². The Labute approximate surface area is 149 Å². The summed E-state index contributed by atoms with van der Waals surface area (Å²) >= 11 is 0. The maximum Gasteiger partial charge on any atom is 0.0621 e. The van der Waals surface area contributed by atoms with Crippen LogP contribution >= 0.6 is 0 Å². The van der Waals surface area contributed by atoms with Crippen molar-refractivity contribution in [3.63, 3.8) is 0 Å². The van der Waals surface area contributed by atoms with E-state index < -0.39 is 0 Å². The number of hydrazone groups is 1. The molecule has 4 rings (SSSR count). The van der Waals surface area contributed by atoms with Gasteiger partial charge in [0.25, 0.3) is 0 Å². The second-order valence-corrected chi connectivity index (χ2v) is 5.74. The average molecular weight is 326 g/mol. The molecule has 0 amide bonds. The van der Waals surface area contributed by atoms with Gasteiger partial charge in [-0.05, 0) is 22.8 Å². The predicted molar refractivity (Wildman–Crippen MR) is 107 cm³/mol. The largest absolute Gasteiger partial charge is 0.309 e. The number of benzene rings is 3. The summed E-state index contributed by atoms with van der Waals surface area (Å²) in [6.07, 6.45) is 5.19. The molecule has 0 unspecified atom stereocenters. The van der Waals surface area contributed by atoms with Crippen LogP contribution in [0.4, 0.5) is 0 Å². The molecule has 0 atom stereocenters. The predicted octanol–water partition coefficient (Wildman–Crippen LogP) is 5.40. The van der Waals surface area contributed by atoms with E-state index in [1.54, 1.807) is 0 Å². The summed E-state index contributed by atoms with van der Waals surface area (Å²) in [4.78, 5) is 0. The van der Waals surface area contributed by atoms with E-state index in [0.29, 0.717) is 0 Å². The minimum absolute atomic E-state index is 0.967. The van der Waals surface area contributed by atoms with Crippen LogP contribution in [0.2, 0.25) is 0 Å². The minimum atomic E-state index is 0.967. The molecule has 25 heavy (non-hydrogen) atoms. The molecule has 1 aliphatic rings. The maximum absolute atomic E-state index is 4.13. The van der Waals surface area contributed by atoms with Crippen LogP contribution in [0.15, 0.2) is 102 Å². The number of nitrogens with zero attached hydrogens (tertiary/aromatic N) is 1. The smallest absolute Gasteiger partial charge is 0.0621 e. The zero-order valence-corrected chi connectivity index (χ0v) is 14.2. The molecule has 124 valence electrons. The van der Waals surface area contributed by atoms with Crippen LogP contribution in [0, 0.1) is 0 Å². The lowest BCUT2D eigenvalue weighted by Gasteiger charge is -1.98. The lowest BCUT2D eigenvalue weighted by Crippen LogP contribution is -1.96. The third kappa shape index (κ3) is 5.47. The number of hydrogen-bond acceptors (Lipinski definition) is 2. The number of rotatable bonds is 3. The topological polar surface area (TPSA) is 24.4 Å². The summed E-state index contributed by atoms with van der Waals surface area (Å²) in [6, 6.07) is 31.0. The molecule has 3 aromatic rings. The van der Waals surface area contributed by atoms with Gasteiger partial charge in [-0.25, -0.2) is 0 Å².